The van der Waals surface area contributed by atoms with Crippen LogP contribution in [-0.2, 0) is 6.54 Å². The zero-order valence-electron chi connectivity index (χ0n) is 9.38. The second-order valence-electron chi connectivity index (χ2n) is 3.67. The third-order valence-electron chi connectivity index (χ3n) is 2.50. The van der Waals surface area contributed by atoms with E-state index in [1.54, 1.807) is 19.6 Å². The van der Waals surface area contributed by atoms with Crippen LogP contribution in [0.1, 0.15) is 11.7 Å². The topological polar surface area (TPSA) is 47.3 Å². The minimum absolute atomic E-state index is 0.485. The van der Waals surface area contributed by atoms with Crippen molar-refractivity contribution < 1.29 is 9.84 Å². The summed E-state index contributed by atoms with van der Waals surface area (Å²) >= 11 is 3.40. The highest BCUT2D eigenvalue weighted by molar-refractivity contribution is 9.10. The Hall–Kier alpha value is -1.33. The van der Waals surface area contributed by atoms with Crippen molar-refractivity contribution in [2.45, 2.75) is 12.6 Å². The fraction of sp³-hybridized carbons (Fsp3) is 0.250. The Balaban J connectivity index is 2.14. The van der Waals surface area contributed by atoms with Gasteiger partial charge < -0.3 is 14.4 Å². The van der Waals surface area contributed by atoms with Gasteiger partial charge in [-0.3, -0.25) is 0 Å². The van der Waals surface area contributed by atoms with E-state index in [0.717, 1.165) is 15.8 Å². The Morgan fingerprint density at radius 2 is 2.35 bits per heavy atom. The molecule has 90 valence electrons. The van der Waals surface area contributed by atoms with Gasteiger partial charge in [-0.05, 0) is 33.6 Å². The predicted molar refractivity (Wildman–Crippen MR) is 67.9 cm³/mol. The summed E-state index contributed by atoms with van der Waals surface area (Å²) in [6.07, 6.45) is 4.63. The van der Waals surface area contributed by atoms with Crippen molar-refractivity contribution in [3.63, 3.8) is 0 Å². The molecule has 0 saturated carbocycles. The van der Waals surface area contributed by atoms with Gasteiger partial charge in [0.25, 0.3) is 0 Å². The predicted octanol–water partition coefficient (Wildman–Crippen LogP) is 2.39. The van der Waals surface area contributed by atoms with Crippen molar-refractivity contribution >= 4 is 15.9 Å². The number of aliphatic hydroxyl groups excluding tert-OH is 1. The Labute approximate surface area is 108 Å². The van der Waals surface area contributed by atoms with Gasteiger partial charge in [-0.15, -0.1) is 0 Å². The van der Waals surface area contributed by atoms with Gasteiger partial charge in [0.05, 0.1) is 30.6 Å². The van der Waals surface area contributed by atoms with E-state index in [0.29, 0.717) is 6.54 Å². The van der Waals surface area contributed by atoms with Crippen LogP contribution in [0.3, 0.4) is 0 Å². The molecule has 1 unspecified atom stereocenters. The minimum atomic E-state index is -0.564. The molecule has 0 radical (unpaired) electrons. The van der Waals surface area contributed by atoms with E-state index in [2.05, 4.69) is 20.9 Å². The van der Waals surface area contributed by atoms with Crippen LogP contribution in [0, 0.1) is 0 Å². The maximum absolute atomic E-state index is 10.1. The third kappa shape index (κ3) is 2.87. The summed E-state index contributed by atoms with van der Waals surface area (Å²) in [7, 11) is 1.61. The van der Waals surface area contributed by atoms with E-state index >= 15 is 0 Å². The van der Waals surface area contributed by atoms with Crippen molar-refractivity contribution in [3.05, 3.63) is 47.0 Å². The first-order valence-electron chi connectivity index (χ1n) is 5.18. The fourth-order valence-electron chi connectivity index (χ4n) is 1.59. The Kier molecular flexibility index (Phi) is 3.81. The zero-order valence-corrected chi connectivity index (χ0v) is 11.0. The van der Waals surface area contributed by atoms with Crippen molar-refractivity contribution in [2.24, 2.45) is 0 Å². The first kappa shape index (κ1) is 12.1. The molecule has 0 aliphatic carbocycles. The van der Waals surface area contributed by atoms with E-state index in [1.165, 1.54) is 0 Å². The maximum Gasteiger partial charge on any atom is 0.133 e. The summed E-state index contributed by atoms with van der Waals surface area (Å²) in [6, 6.07) is 5.54. The second kappa shape index (κ2) is 5.33. The molecule has 17 heavy (non-hydrogen) atoms. The standard InChI is InChI=1S/C12H13BrN2O2/c1-17-12-3-2-9(6-10(12)13)11(16)7-15-5-4-14-8-15/h2-6,8,11,16H,7H2,1H3. The van der Waals surface area contributed by atoms with Crippen LogP contribution in [0.25, 0.3) is 0 Å². The number of hydrogen-bond acceptors (Lipinski definition) is 3. The van der Waals surface area contributed by atoms with Gasteiger partial charge in [-0.1, -0.05) is 6.07 Å². The quantitative estimate of drug-likeness (QED) is 0.942. The number of benzene rings is 1. The lowest BCUT2D eigenvalue weighted by Crippen LogP contribution is -2.07. The molecule has 0 aliphatic heterocycles. The molecule has 2 rings (SSSR count). The number of hydrogen-bond donors (Lipinski definition) is 1. The Bertz CT molecular complexity index is 485. The molecule has 0 spiro atoms. The Morgan fingerprint density at radius 3 is 2.94 bits per heavy atom. The smallest absolute Gasteiger partial charge is 0.133 e. The van der Waals surface area contributed by atoms with Gasteiger partial charge in [0.1, 0.15) is 5.75 Å². The number of aromatic nitrogens is 2. The monoisotopic (exact) mass is 296 g/mol. The number of ether oxygens (including phenoxy) is 1. The fourth-order valence-corrected chi connectivity index (χ4v) is 2.15. The Morgan fingerprint density at radius 1 is 1.53 bits per heavy atom. The second-order valence-corrected chi connectivity index (χ2v) is 4.52. The summed E-state index contributed by atoms with van der Waals surface area (Å²) < 4.78 is 7.81. The van der Waals surface area contributed by atoms with Crippen molar-refractivity contribution in [1.29, 1.82) is 0 Å². The average molecular weight is 297 g/mol. The largest absolute Gasteiger partial charge is 0.496 e. The third-order valence-corrected chi connectivity index (χ3v) is 3.12. The summed E-state index contributed by atoms with van der Waals surface area (Å²) in [6.45, 7) is 0.485. The highest BCUT2D eigenvalue weighted by Crippen LogP contribution is 2.28. The van der Waals surface area contributed by atoms with Gasteiger partial charge in [0.2, 0.25) is 0 Å². The molecule has 0 saturated heterocycles. The molecule has 0 bridgehead atoms. The van der Waals surface area contributed by atoms with Gasteiger partial charge in [0.15, 0.2) is 0 Å². The molecule has 0 fully saturated rings. The lowest BCUT2D eigenvalue weighted by atomic mass is 10.1. The van der Waals surface area contributed by atoms with Crippen LogP contribution in [0.5, 0.6) is 5.75 Å². The van der Waals surface area contributed by atoms with Crippen molar-refractivity contribution in [2.75, 3.05) is 7.11 Å². The molecular formula is C12H13BrN2O2. The number of nitrogens with zero attached hydrogens (tertiary/aromatic N) is 2. The van der Waals surface area contributed by atoms with Gasteiger partial charge in [-0.25, -0.2) is 4.98 Å². The molecule has 1 aromatic heterocycles. The van der Waals surface area contributed by atoms with Crippen LogP contribution in [-0.4, -0.2) is 21.8 Å². The number of halogens is 1. The normalized spacial score (nSPS) is 12.4. The number of rotatable bonds is 4. The first-order valence-corrected chi connectivity index (χ1v) is 5.97. The molecule has 5 heteroatoms. The highest BCUT2D eigenvalue weighted by Gasteiger charge is 2.10. The van der Waals surface area contributed by atoms with Gasteiger partial charge in [-0.2, -0.15) is 0 Å². The maximum atomic E-state index is 10.1. The van der Waals surface area contributed by atoms with Crippen LogP contribution >= 0.6 is 15.9 Å². The summed E-state index contributed by atoms with van der Waals surface area (Å²) in [5.41, 5.74) is 0.839. The van der Waals surface area contributed by atoms with E-state index in [9.17, 15) is 5.11 Å². The number of imidazole rings is 1. The minimum Gasteiger partial charge on any atom is -0.496 e. The van der Waals surface area contributed by atoms with E-state index in [-0.39, 0.29) is 0 Å². The average Bonchev–Trinajstić information content (AvgIpc) is 2.81. The lowest BCUT2D eigenvalue weighted by Gasteiger charge is -2.13. The summed E-state index contributed by atoms with van der Waals surface area (Å²) in [5, 5.41) is 10.1. The molecule has 1 aromatic carbocycles. The molecule has 4 nitrogen and oxygen atoms in total. The van der Waals surface area contributed by atoms with E-state index < -0.39 is 6.10 Å². The molecule has 0 aliphatic rings. The van der Waals surface area contributed by atoms with Crippen LogP contribution in [0.4, 0.5) is 0 Å². The lowest BCUT2D eigenvalue weighted by molar-refractivity contribution is 0.156. The van der Waals surface area contributed by atoms with Crippen molar-refractivity contribution in [1.82, 2.24) is 9.55 Å². The molecule has 1 atom stereocenters. The molecule has 1 N–H and O–H groups in total. The zero-order chi connectivity index (χ0) is 12.3. The number of aliphatic hydroxyl groups is 1. The van der Waals surface area contributed by atoms with Crippen LogP contribution in [0.2, 0.25) is 0 Å². The van der Waals surface area contributed by atoms with E-state index in [1.807, 2.05) is 29.0 Å². The molecule has 1 heterocycles. The number of methoxy groups -OCH3 is 1. The molecule has 0 amide bonds. The van der Waals surface area contributed by atoms with Crippen LogP contribution in [0.15, 0.2) is 41.4 Å². The highest BCUT2D eigenvalue weighted by atomic mass is 79.9. The van der Waals surface area contributed by atoms with Gasteiger partial charge in [0, 0.05) is 12.4 Å². The molecule has 2 aromatic rings. The first-order chi connectivity index (χ1) is 8.20. The summed E-state index contributed by atoms with van der Waals surface area (Å²) in [4.78, 5) is 3.94. The molecular weight excluding hydrogens is 284 g/mol. The van der Waals surface area contributed by atoms with Crippen LogP contribution < -0.4 is 4.74 Å². The van der Waals surface area contributed by atoms with E-state index in [4.69, 9.17) is 4.74 Å². The van der Waals surface area contributed by atoms with Crippen molar-refractivity contribution in [3.8, 4) is 5.75 Å². The van der Waals surface area contributed by atoms with Gasteiger partial charge >= 0.3 is 0 Å². The SMILES string of the molecule is COc1ccc(C(O)Cn2ccnc2)cc1Br. The summed E-state index contributed by atoms with van der Waals surface area (Å²) in [5.74, 6) is 0.753.